The largest absolute Gasteiger partial charge is 0.314 e. The van der Waals surface area contributed by atoms with E-state index in [1.807, 2.05) is 0 Å². The number of nitrogens with one attached hydrogen (secondary N) is 1. The highest BCUT2D eigenvalue weighted by Crippen LogP contribution is 2.27. The van der Waals surface area contributed by atoms with Gasteiger partial charge in [-0.1, -0.05) is 42.1 Å². The number of carbonyl (C=O) groups is 1. The summed E-state index contributed by atoms with van der Waals surface area (Å²) in [7, 11) is 0. The second-order valence-electron chi connectivity index (χ2n) is 4.13. The molecule has 1 fully saturated rings. The summed E-state index contributed by atoms with van der Waals surface area (Å²) < 4.78 is -0.412. The molecule has 1 aliphatic rings. The fourth-order valence-corrected chi connectivity index (χ4v) is 2.59. The molecular weight excluding hydrogens is 256 g/mol. The lowest BCUT2D eigenvalue weighted by Crippen LogP contribution is -2.54. The summed E-state index contributed by atoms with van der Waals surface area (Å²) in [6.45, 7) is 6.05. The van der Waals surface area contributed by atoms with Crippen LogP contribution < -0.4 is 5.32 Å². The average Bonchev–Trinajstić information content (AvgIpc) is 2.30. The third kappa shape index (κ3) is 3.85. The summed E-state index contributed by atoms with van der Waals surface area (Å²) in [4.78, 5) is 13.5. The Morgan fingerprint density at radius 1 is 1.40 bits per heavy atom. The first-order valence-corrected chi connectivity index (χ1v) is 6.63. The minimum absolute atomic E-state index is 0.412. The smallest absolute Gasteiger partial charge is 0.151 e. The van der Waals surface area contributed by atoms with Crippen LogP contribution >= 0.6 is 15.9 Å². The number of aldehydes is 1. The van der Waals surface area contributed by atoms with Crippen molar-refractivity contribution < 1.29 is 4.79 Å². The standard InChI is InChI=1S/C11H21BrN2O/c1-2-3-4-5-11(12,10-15)14-8-6-13-7-9-14/h10,13H,2-9H2,1H3. The van der Waals surface area contributed by atoms with Crippen LogP contribution in [0.1, 0.15) is 32.6 Å². The highest BCUT2D eigenvalue weighted by molar-refractivity contribution is 9.10. The van der Waals surface area contributed by atoms with E-state index in [9.17, 15) is 4.79 Å². The Hall–Kier alpha value is 0.0700. The van der Waals surface area contributed by atoms with Crippen LogP contribution in [-0.2, 0) is 4.79 Å². The number of piperazine rings is 1. The minimum Gasteiger partial charge on any atom is -0.314 e. The van der Waals surface area contributed by atoms with Crippen LogP contribution in [-0.4, -0.2) is 41.8 Å². The van der Waals surface area contributed by atoms with Crippen molar-refractivity contribution in [2.45, 2.75) is 37.1 Å². The van der Waals surface area contributed by atoms with Gasteiger partial charge in [-0.25, -0.2) is 0 Å². The molecule has 3 nitrogen and oxygen atoms in total. The zero-order chi connectivity index (χ0) is 11.1. The Morgan fingerprint density at radius 2 is 2.07 bits per heavy atom. The maximum Gasteiger partial charge on any atom is 0.151 e. The zero-order valence-corrected chi connectivity index (χ0v) is 11.1. The van der Waals surface area contributed by atoms with Crippen molar-refractivity contribution >= 4 is 22.2 Å². The minimum atomic E-state index is -0.412. The molecule has 4 heteroatoms. The normalized spacial score (nSPS) is 22.3. The number of halogens is 1. The van der Waals surface area contributed by atoms with E-state index >= 15 is 0 Å². The van der Waals surface area contributed by atoms with Crippen molar-refractivity contribution in [2.24, 2.45) is 0 Å². The number of rotatable bonds is 6. The van der Waals surface area contributed by atoms with E-state index in [0.717, 1.165) is 45.3 Å². The van der Waals surface area contributed by atoms with Crippen molar-refractivity contribution in [3.63, 3.8) is 0 Å². The zero-order valence-electron chi connectivity index (χ0n) is 9.47. The summed E-state index contributed by atoms with van der Waals surface area (Å²) in [6, 6.07) is 0. The molecule has 15 heavy (non-hydrogen) atoms. The molecule has 1 unspecified atom stereocenters. The molecule has 0 saturated carbocycles. The number of hydrogen-bond acceptors (Lipinski definition) is 3. The van der Waals surface area contributed by atoms with Crippen LogP contribution in [0.25, 0.3) is 0 Å². The van der Waals surface area contributed by atoms with Crippen LogP contribution in [0.4, 0.5) is 0 Å². The van der Waals surface area contributed by atoms with Gasteiger partial charge < -0.3 is 10.1 Å². The SMILES string of the molecule is CCCCCC(Br)(C=O)N1CCNCC1. The van der Waals surface area contributed by atoms with Gasteiger partial charge in [0.15, 0.2) is 6.29 Å². The van der Waals surface area contributed by atoms with Crippen molar-refractivity contribution in [2.75, 3.05) is 26.2 Å². The van der Waals surface area contributed by atoms with E-state index in [1.165, 1.54) is 12.8 Å². The fourth-order valence-electron chi connectivity index (χ4n) is 1.95. The summed E-state index contributed by atoms with van der Waals surface area (Å²) in [5.41, 5.74) is 0. The lowest BCUT2D eigenvalue weighted by Gasteiger charge is -2.38. The molecule has 0 bridgehead atoms. The molecule has 1 heterocycles. The van der Waals surface area contributed by atoms with Crippen LogP contribution in [0, 0.1) is 0 Å². The van der Waals surface area contributed by atoms with Crippen LogP contribution in [0.2, 0.25) is 0 Å². The van der Waals surface area contributed by atoms with Crippen molar-refractivity contribution in [1.82, 2.24) is 10.2 Å². The molecule has 0 spiro atoms. The number of carbonyl (C=O) groups excluding carboxylic acids is 1. The topological polar surface area (TPSA) is 32.3 Å². The van der Waals surface area contributed by atoms with Gasteiger partial charge in [-0.2, -0.15) is 0 Å². The predicted molar refractivity (Wildman–Crippen MR) is 66.3 cm³/mol. The number of nitrogens with zero attached hydrogens (tertiary/aromatic N) is 1. The molecule has 1 aliphatic heterocycles. The summed E-state index contributed by atoms with van der Waals surface area (Å²) in [5.74, 6) is 0. The first-order chi connectivity index (χ1) is 7.23. The maximum absolute atomic E-state index is 11.2. The van der Waals surface area contributed by atoms with Crippen LogP contribution in [0.5, 0.6) is 0 Å². The van der Waals surface area contributed by atoms with Crippen LogP contribution in [0.3, 0.4) is 0 Å². The van der Waals surface area contributed by atoms with Gasteiger partial charge in [0.1, 0.15) is 4.45 Å². The molecule has 0 radical (unpaired) electrons. The van der Waals surface area contributed by atoms with E-state index in [4.69, 9.17) is 0 Å². The summed E-state index contributed by atoms with van der Waals surface area (Å²) >= 11 is 3.61. The highest BCUT2D eigenvalue weighted by atomic mass is 79.9. The maximum atomic E-state index is 11.2. The van der Waals surface area contributed by atoms with Crippen LogP contribution in [0.15, 0.2) is 0 Å². The molecule has 1 N–H and O–H groups in total. The summed E-state index contributed by atoms with van der Waals surface area (Å²) in [6.07, 6.45) is 5.50. The second kappa shape index (κ2) is 6.61. The molecule has 0 aliphatic carbocycles. The molecule has 0 aromatic rings. The van der Waals surface area contributed by atoms with E-state index in [-0.39, 0.29) is 0 Å². The molecule has 88 valence electrons. The second-order valence-corrected chi connectivity index (χ2v) is 5.50. The molecule has 1 rings (SSSR count). The fraction of sp³-hybridized carbons (Fsp3) is 0.909. The van der Waals surface area contributed by atoms with E-state index in [1.54, 1.807) is 0 Å². The van der Waals surface area contributed by atoms with E-state index < -0.39 is 4.45 Å². The first-order valence-electron chi connectivity index (χ1n) is 5.84. The third-order valence-electron chi connectivity index (χ3n) is 2.95. The molecule has 0 amide bonds. The van der Waals surface area contributed by atoms with Crippen molar-refractivity contribution in [3.05, 3.63) is 0 Å². The van der Waals surface area contributed by atoms with E-state index in [2.05, 4.69) is 33.1 Å². The Balaban J connectivity index is 2.45. The molecule has 0 aromatic heterocycles. The molecular formula is C11H21BrN2O. The van der Waals surface area contributed by atoms with Gasteiger partial charge in [0, 0.05) is 26.2 Å². The number of alkyl halides is 1. The van der Waals surface area contributed by atoms with E-state index in [0.29, 0.717) is 0 Å². The average molecular weight is 277 g/mol. The van der Waals surface area contributed by atoms with Gasteiger partial charge in [0.25, 0.3) is 0 Å². The predicted octanol–water partition coefficient (Wildman–Crippen LogP) is 1.76. The monoisotopic (exact) mass is 276 g/mol. The van der Waals surface area contributed by atoms with Crippen molar-refractivity contribution in [3.8, 4) is 0 Å². The van der Waals surface area contributed by atoms with Crippen molar-refractivity contribution in [1.29, 1.82) is 0 Å². The third-order valence-corrected chi connectivity index (χ3v) is 4.04. The van der Waals surface area contributed by atoms with Gasteiger partial charge in [-0.05, 0) is 6.42 Å². The lowest BCUT2D eigenvalue weighted by atomic mass is 10.1. The molecule has 1 saturated heterocycles. The highest BCUT2D eigenvalue weighted by Gasteiger charge is 2.33. The Morgan fingerprint density at radius 3 is 2.60 bits per heavy atom. The van der Waals surface area contributed by atoms with Gasteiger partial charge >= 0.3 is 0 Å². The quantitative estimate of drug-likeness (QED) is 0.347. The van der Waals surface area contributed by atoms with Gasteiger partial charge in [0.05, 0.1) is 0 Å². The lowest BCUT2D eigenvalue weighted by molar-refractivity contribution is -0.114. The summed E-state index contributed by atoms with van der Waals surface area (Å²) in [5, 5.41) is 3.30. The Kier molecular flexibility index (Phi) is 5.79. The Labute approximate surface area is 101 Å². The molecule has 1 atom stereocenters. The Bertz CT molecular complexity index is 195. The number of unbranched alkanes of at least 4 members (excludes halogenated alkanes) is 2. The molecule has 0 aromatic carbocycles. The van der Waals surface area contributed by atoms with Gasteiger partial charge in [0.2, 0.25) is 0 Å². The number of hydrogen-bond donors (Lipinski definition) is 1. The van der Waals surface area contributed by atoms with Gasteiger partial charge in [-0.15, -0.1) is 0 Å². The first kappa shape index (κ1) is 13.1. The van der Waals surface area contributed by atoms with Gasteiger partial charge in [-0.3, -0.25) is 4.90 Å².